The van der Waals surface area contributed by atoms with E-state index in [2.05, 4.69) is 11.1 Å². The third-order valence-corrected chi connectivity index (χ3v) is 8.86. The molecule has 4 rings (SSSR count). The molecule has 1 N–H and O–H groups in total. The van der Waals surface area contributed by atoms with Gasteiger partial charge in [-0.1, -0.05) is 12.5 Å². The van der Waals surface area contributed by atoms with Crippen LogP contribution in [0.4, 0.5) is 0 Å². The Kier molecular flexibility index (Phi) is 7.11. The molecular weight excluding hydrogens is 435 g/mol. The van der Waals surface area contributed by atoms with Gasteiger partial charge in [0.2, 0.25) is 10.4 Å². The van der Waals surface area contributed by atoms with Gasteiger partial charge >= 0.3 is 29.6 Å². The van der Waals surface area contributed by atoms with E-state index in [1.165, 1.54) is 0 Å². The van der Waals surface area contributed by atoms with Crippen LogP contribution < -0.4 is 29.6 Å². The van der Waals surface area contributed by atoms with Crippen molar-refractivity contribution >= 4 is 28.3 Å². The molecule has 4 aliphatic rings. The maximum atomic E-state index is 12.7. The second-order valence-electron chi connectivity index (χ2n) is 9.66. The molecule has 4 aliphatic carbocycles. The number of ketones is 2. The van der Waals surface area contributed by atoms with Gasteiger partial charge in [-0.3, -0.25) is 13.8 Å². The molecule has 0 amide bonds. The zero-order valence-electron chi connectivity index (χ0n) is 17.9. The third-order valence-electron chi connectivity index (χ3n) is 8.46. The van der Waals surface area contributed by atoms with Crippen molar-refractivity contribution in [2.45, 2.75) is 58.0 Å². The molecule has 0 unspecified atom stereocenters. The van der Waals surface area contributed by atoms with Crippen LogP contribution in [0.15, 0.2) is 11.6 Å². The average Bonchev–Trinajstić information content (AvgIpc) is 3.05. The van der Waals surface area contributed by atoms with Crippen LogP contribution in [-0.2, 0) is 29.0 Å². The number of aliphatic hydroxyl groups excluding tert-OH is 1. The van der Waals surface area contributed by atoms with E-state index in [4.69, 9.17) is 0 Å². The van der Waals surface area contributed by atoms with Gasteiger partial charge in [0.25, 0.3) is 0 Å². The zero-order valence-corrected chi connectivity index (χ0v) is 20.7. The normalized spacial score (nSPS) is 41.8. The van der Waals surface area contributed by atoms with Crippen molar-refractivity contribution < 1.29 is 66.2 Å². The number of carbonyl (C=O) groups is 3. The van der Waals surface area contributed by atoms with Crippen LogP contribution in [-0.4, -0.2) is 48.6 Å². The Morgan fingerprint density at radius 2 is 2.03 bits per heavy atom. The molecule has 0 aliphatic heterocycles. The molecule has 166 valence electrons. The fourth-order valence-corrected chi connectivity index (χ4v) is 7.56. The van der Waals surface area contributed by atoms with E-state index in [1.54, 1.807) is 6.08 Å². The summed E-state index contributed by atoms with van der Waals surface area (Å²) in [5.74, 6) is -1.38. The van der Waals surface area contributed by atoms with Crippen LogP contribution in [0, 0.1) is 34.5 Å². The molecule has 0 aromatic heterocycles. The number of carbonyl (C=O) groups excluding carboxylic acids is 3. The number of Topliss-reactive ketones (excluding diaryl/α,β-unsaturated/α-hetero) is 1. The predicted molar refractivity (Wildman–Crippen MR) is 103 cm³/mol. The summed E-state index contributed by atoms with van der Waals surface area (Å²) in [5.41, 5.74) is -0.291. The first-order valence-electron chi connectivity index (χ1n) is 10.5. The topological polar surface area (TPSA) is 138 Å². The fourth-order valence-electron chi connectivity index (χ4n) is 7.30. The van der Waals surface area contributed by atoms with Crippen molar-refractivity contribution in [3.8, 4) is 0 Å². The van der Waals surface area contributed by atoms with Crippen molar-refractivity contribution in [3.63, 3.8) is 0 Å². The molecule has 0 heterocycles. The number of fused-ring (bicyclic) bond motifs is 5. The fraction of sp³-hybridized carbons (Fsp3) is 0.762. The minimum absolute atomic E-state index is 0. The molecule has 8 nitrogen and oxygen atoms in total. The summed E-state index contributed by atoms with van der Waals surface area (Å²) in [5, 5.41) is 11.2. The molecule has 10 heteroatoms. The Morgan fingerprint density at radius 1 is 1.32 bits per heavy atom. The van der Waals surface area contributed by atoms with Crippen LogP contribution in [0.3, 0.4) is 0 Å². The van der Waals surface area contributed by atoms with Crippen molar-refractivity contribution in [2.75, 3.05) is 6.61 Å². The Hall–Kier alpha value is -0.420. The molecule has 0 radical (unpaired) electrons. The number of aliphatic hydroxyl groups is 1. The number of rotatable bonds is 5. The first-order chi connectivity index (χ1) is 14.0. The number of hydrogen-bond donors (Lipinski definition) is 1. The van der Waals surface area contributed by atoms with Crippen LogP contribution in [0.5, 0.6) is 0 Å². The zero-order chi connectivity index (χ0) is 21.9. The minimum atomic E-state index is -5.00. The van der Waals surface area contributed by atoms with Crippen molar-refractivity contribution in [1.29, 1.82) is 0 Å². The van der Waals surface area contributed by atoms with Gasteiger partial charge in [-0.15, -0.1) is 0 Å². The summed E-state index contributed by atoms with van der Waals surface area (Å²) in [6.07, 6.45) is 5.44. The van der Waals surface area contributed by atoms with E-state index in [0.29, 0.717) is 25.7 Å². The monoisotopic (exact) mass is 462 g/mol. The molecule has 0 aromatic carbocycles. The molecule has 0 saturated heterocycles. The standard InChI is InChI=1S/C21H28O8S.Na/c1-20-7-6-13(23)8-12(20)2-3-14-15-4-5-16(18(25)10-29-30(26,27)28)21(15,11-22)9-17(24)19(14)20;/h8,11,14-17,19,24H,2-7,9-10H2,1H3,(H,26,27,28);/q;+1/p-1/t14-,15-,16+,17-,19+,20-,21+;/m0./s1. The first kappa shape index (κ1) is 25.2. The molecule has 0 spiro atoms. The number of aldehydes is 1. The van der Waals surface area contributed by atoms with Crippen molar-refractivity contribution in [3.05, 3.63) is 11.6 Å². The minimum Gasteiger partial charge on any atom is -0.726 e. The van der Waals surface area contributed by atoms with Crippen molar-refractivity contribution in [1.82, 2.24) is 0 Å². The summed E-state index contributed by atoms with van der Waals surface area (Å²) < 4.78 is 36.4. The largest absolute Gasteiger partial charge is 1.00 e. The summed E-state index contributed by atoms with van der Waals surface area (Å²) >= 11 is 0. The van der Waals surface area contributed by atoms with E-state index >= 15 is 0 Å². The quantitative estimate of drug-likeness (QED) is 0.222. The van der Waals surface area contributed by atoms with Gasteiger partial charge in [-0.2, -0.15) is 0 Å². The van der Waals surface area contributed by atoms with Crippen LogP contribution in [0.25, 0.3) is 0 Å². The van der Waals surface area contributed by atoms with E-state index in [9.17, 15) is 32.5 Å². The average molecular weight is 462 g/mol. The van der Waals surface area contributed by atoms with E-state index in [1.807, 2.05) is 0 Å². The predicted octanol–water partition coefficient (Wildman–Crippen LogP) is -1.67. The third kappa shape index (κ3) is 4.16. The number of allylic oxidation sites excluding steroid dienone is 1. The van der Waals surface area contributed by atoms with Crippen LogP contribution in [0.2, 0.25) is 0 Å². The Bertz CT molecular complexity index is 914. The van der Waals surface area contributed by atoms with Crippen molar-refractivity contribution in [2.24, 2.45) is 34.5 Å². The van der Waals surface area contributed by atoms with E-state index in [0.717, 1.165) is 24.7 Å². The van der Waals surface area contributed by atoms with Gasteiger partial charge in [0, 0.05) is 17.8 Å². The van der Waals surface area contributed by atoms with Crippen LogP contribution >= 0.6 is 0 Å². The van der Waals surface area contributed by atoms with Gasteiger partial charge in [0.1, 0.15) is 12.9 Å². The van der Waals surface area contributed by atoms with E-state index in [-0.39, 0.29) is 64.9 Å². The van der Waals surface area contributed by atoms with E-state index < -0.39 is 40.2 Å². The SMILES string of the molecule is C[C@]12CCC(=O)C=C1CC[C@@H]1[C@@H]2[C@@H](O)C[C@]2(C=O)[C@@H](C(=O)COS(=O)(=O)[O-])CC[C@@H]12.[Na+]. The molecule has 3 fully saturated rings. The first-order valence-corrected chi connectivity index (χ1v) is 11.9. The maximum Gasteiger partial charge on any atom is 1.00 e. The second kappa shape index (κ2) is 8.74. The smallest absolute Gasteiger partial charge is 0.726 e. The van der Waals surface area contributed by atoms with Gasteiger partial charge in [-0.25, -0.2) is 8.42 Å². The van der Waals surface area contributed by atoms with Gasteiger partial charge < -0.3 is 14.5 Å². The maximum absolute atomic E-state index is 12.7. The number of hydrogen-bond acceptors (Lipinski definition) is 8. The van der Waals surface area contributed by atoms with Crippen LogP contribution in [0.1, 0.15) is 51.9 Å². The molecule has 0 bridgehead atoms. The Morgan fingerprint density at radius 3 is 2.68 bits per heavy atom. The molecule has 3 saturated carbocycles. The summed E-state index contributed by atoms with van der Waals surface area (Å²) in [6.45, 7) is 1.22. The summed E-state index contributed by atoms with van der Waals surface area (Å²) in [4.78, 5) is 37.0. The summed E-state index contributed by atoms with van der Waals surface area (Å²) in [6, 6.07) is 0. The molecule has 7 atom stereocenters. The Labute approximate surface area is 204 Å². The van der Waals surface area contributed by atoms with Gasteiger partial charge in [0.15, 0.2) is 11.6 Å². The molecular formula is C21H27NaO8S. The Balaban J connectivity index is 0.00000272. The van der Waals surface area contributed by atoms with Gasteiger partial charge in [0.05, 0.1) is 6.10 Å². The summed E-state index contributed by atoms with van der Waals surface area (Å²) in [7, 11) is -5.00. The van der Waals surface area contributed by atoms with Gasteiger partial charge in [-0.05, 0) is 67.8 Å². The second-order valence-corrected chi connectivity index (χ2v) is 10.7. The molecule has 0 aromatic rings. The molecule has 31 heavy (non-hydrogen) atoms.